The molecule has 4 N–H and O–H groups in total. The molecule has 2 heterocycles. The van der Waals surface area contributed by atoms with E-state index in [9.17, 15) is 18.0 Å². The summed E-state index contributed by atoms with van der Waals surface area (Å²) in [7, 11) is -3.91. The van der Waals surface area contributed by atoms with E-state index >= 15 is 0 Å². The lowest BCUT2D eigenvalue weighted by Crippen LogP contribution is -2.16. The number of aromatic nitrogens is 1. The molecule has 0 saturated carbocycles. The molecule has 0 atom stereocenters. The van der Waals surface area contributed by atoms with Crippen molar-refractivity contribution in [1.29, 1.82) is 0 Å². The average Bonchev–Trinajstić information content (AvgIpc) is 2.84. The Morgan fingerprint density at radius 1 is 1.47 bits per heavy atom. The summed E-state index contributed by atoms with van der Waals surface area (Å²) >= 11 is 1.62. The van der Waals surface area contributed by atoms with E-state index in [4.69, 9.17) is 5.73 Å². The van der Waals surface area contributed by atoms with Gasteiger partial charge in [-0.05, 0) is 18.4 Å². The lowest BCUT2D eigenvalue weighted by molar-refractivity contribution is 0.100. The Hall–Kier alpha value is -1.65. The van der Waals surface area contributed by atoms with Crippen LogP contribution in [0.3, 0.4) is 0 Å². The number of nitrogens with two attached hydrogens (primary N) is 1. The summed E-state index contributed by atoms with van der Waals surface area (Å²) in [5, 5.41) is 1.68. The molecule has 0 aliphatic carbocycles. The van der Waals surface area contributed by atoms with Crippen molar-refractivity contribution in [3.8, 4) is 0 Å². The summed E-state index contributed by atoms with van der Waals surface area (Å²) in [6.45, 7) is 1.48. The van der Waals surface area contributed by atoms with Crippen molar-refractivity contribution in [1.82, 2.24) is 4.98 Å². The Labute approximate surface area is 116 Å². The zero-order chi connectivity index (χ0) is 14.2. The molecule has 0 fully saturated rings. The van der Waals surface area contributed by atoms with Crippen LogP contribution in [0.5, 0.6) is 0 Å². The molecule has 0 unspecified atom stereocenters. The number of hydrogen-bond donors (Lipinski definition) is 3. The normalized spacial score (nSPS) is 11.4. The van der Waals surface area contributed by atoms with Crippen LogP contribution in [0.15, 0.2) is 20.5 Å². The average molecular weight is 319 g/mol. The van der Waals surface area contributed by atoms with Gasteiger partial charge in [0, 0.05) is 5.69 Å². The molecule has 0 saturated heterocycles. The maximum absolute atomic E-state index is 12.1. The molecule has 2 rings (SSSR count). The maximum Gasteiger partial charge on any atom is 0.306 e. The highest BCUT2D eigenvalue weighted by atomic mass is 32.2. The third kappa shape index (κ3) is 2.69. The van der Waals surface area contributed by atoms with Gasteiger partial charge < -0.3 is 10.7 Å². The van der Waals surface area contributed by atoms with E-state index in [1.165, 1.54) is 13.0 Å². The first-order valence-corrected chi connectivity index (χ1v) is 8.09. The first-order chi connectivity index (χ1) is 8.81. The second kappa shape index (κ2) is 4.79. The zero-order valence-corrected chi connectivity index (χ0v) is 12.0. The van der Waals surface area contributed by atoms with Gasteiger partial charge in [-0.3, -0.25) is 14.3 Å². The fourth-order valence-corrected chi connectivity index (χ4v) is 4.82. The Balaban J connectivity index is 2.42. The predicted molar refractivity (Wildman–Crippen MR) is 73.3 cm³/mol. The van der Waals surface area contributed by atoms with Crippen molar-refractivity contribution in [3.05, 3.63) is 32.4 Å². The largest absolute Gasteiger partial charge is 0.366 e. The minimum absolute atomic E-state index is 0.0918. The third-order valence-electron chi connectivity index (χ3n) is 2.18. The summed E-state index contributed by atoms with van der Waals surface area (Å²) in [4.78, 5) is 24.2. The summed E-state index contributed by atoms with van der Waals surface area (Å²) in [5.41, 5.74) is 5.47. The molecule has 0 bridgehead atoms. The molecule has 0 aromatic carbocycles. The van der Waals surface area contributed by atoms with Gasteiger partial charge in [0.05, 0.1) is 5.56 Å². The number of sulfonamides is 1. The maximum atomic E-state index is 12.1. The molecule has 10 heteroatoms. The van der Waals surface area contributed by atoms with E-state index in [2.05, 4.69) is 9.71 Å². The van der Waals surface area contributed by atoms with Gasteiger partial charge in [-0.15, -0.1) is 11.3 Å². The van der Waals surface area contributed by atoms with Gasteiger partial charge in [-0.2, -0.15) is 0 Å². The number of carbonyl (C=O) groups is 1. The first kappa shape index (κ1) is 13.8. The van der Waals surface area contributed by atoms with Gasteiger partial charge in [0.25, 0.3) is 15.9 Å². The number of carbonyl (C=O) groups excluding carboxylic acids is 1. The van der Waals surface area contributed by atoms with Crippen molar-refractivity contribution in [2.45, 2.75) is 11.1 Å². The lowest BCUT2D eigenvalue weighted by atomic mass is 10.3. The number of rotatable bonds is 4. The standard InChI is InChI=1S/C9H9N3O4S3/c1-4-8(18-9(14)11-4)19(15,16)12-7-5(6(10)13)2-3-17-7/h2-3,12H,1H3,(H2,10,13)(H,11,14). The number of hydrogen-bond acceptors (Lipinski definition) is 6. The Morgan fingerprint density at radius 2 is 2.16 bits per heavy atom. The van der Waals surface area contributed by atoms with E-state index in [1.807, 2.05) is 0 Å². The van der Waals surface area contributed by atoms with Gasteiger partial charge in [0.2, 0.25) is 0 Å². The number of primary amides is 1. The van der Waals surface area contributed by atoms with Crippen molar-refractivity contribution in [2.24, 2.45) is 5.73 Å². The highest BCUT2D eigenvalue weighted by Gasteiger charge is 2.23. The van der Waals surface area contributed by atoms with Gasteiger partial charge in [-0.1, -0.05) is 11.3 Å². The monoisotopic (exact) mass is 319 g/mol. The van der Waals surface area contributed by atoms with Crippen LogP contribution in [-0.4, -0.2) is 19.3 Å². The van der Waals surface area contributed by atoms with Gasteiger partial charge in [0.15, 0.2) is 4.21 Å². The van der Waals surface area contributed by atoms with Crippen LogP contribution in [0.25, 0.3) is 0 Å². The molecule has 0 aliphatic rings. The van der Waals surface area contributed by atoms with Gasteiger partial charge >= 0.3 is 4.87 Å². The van der Waals surface area contributed by atoms with Crippen molar-refractivity contribution in [3.63, 3.8) is 0 Å². The molecule has 102 valence electrons. The van der Waals surface area contributed by atoms with E-state index in [-0.39, 0.29) is 20.5 Å². The number of aryl methyl sites for hydroxylation is 1. The van der Waals surface area contributed by atoms with Crippen LogP contribution in [0.2, 0.25) is 0 Å². The van der Waals surface area contributed by atoms with Gasteiger partial charge in [0.1, 0.15) is 5.00 Å². The zero-order valence-electron chi connectivity index (χ0n) is 9.59. The Bertz CT molecular complexity index is 784. The SMILES string of the molecule is Cc1[nH]c(=O)sc1S(=O)(=O)Nc1sccc1C(N)=O. The molecule has 0 aliphatic heterocycles. The number of anilines is 1. The molecule has 0 radical (unpaired) electrons. The third-order valence-corrected chi connectivity index (χ3v) is 6.10. The Morgan fingerprint density at radius 3 is 2.68 bits per heavy atom. The number of amides is 1. The number of nitrogens with one attached hydrogen (secondary N) is 2. The van der Waals surface area contributed by atoms with Crippen molar-refractivity contribution >= 4 is 43.6 Å². The van der Waals surface area contributed by atoms with Crippen LogP contribution >= 0.6 is 22.7 Å². The smallest absolute Gasteiger partial charge is 0.306 e. The fraction of sp³-hybridized carbons (Fsp3) is 0.111. The lowest BCUT2D eigenvalue weighted by Gasteiger charge is -2.05. The number of thiazole rings is 1. The molecule has 2 aromatic heterocycles. The highest BCUT2D eigenvalue weighted by molar-refractivity contribution is 7.94. The molecular weight excluding hydrogens is 310 g/mol. The topological polar surface area (TPSA) is 122 Å². The summed E-state index contributed by atoms with van der Waals surface area (Å²) in [6.07, 6.45) is 0. The van der Waals surface area contributed by atoms with E-state index < -0.39 is 20.8 Å². The summed E-state index contributed by atoms with van der Waals surface area (Å²) in [6, 6.07) is 1.43. The number of aromatic amines is 1. The van der Waals surface area contributed by atoms with Crippen molar-refractivity contribution < 1.29 is 13.2 Å². The molecule has 1 amide bonds. The summed E-state index contributed by atoms with van der Waals surface area (Å²) < 4.78 is 26.4. The van der Waals surface area contributed by atoms with E-state index in [1.54, 1.807) is 5.38 Å². The quantitative estimate of drug-likeness (QED) is 0.768. The van der Waals surface area contributed by atoms with Crippen LogP contribution in [-0.2, 0) is 10.0 Å². The second-order valence-electron chi connectivity index (χ2n) is 3.56. The Kier molecular flexibility index (Phi) is 3.47. The van der Waals surface area contributed by atoms with E-state index in [0.29, 0.717) is 11.3 Å². The minimum Gasteiger partial charge on any atom is -0.366 e. The van der Waals surface area contributed by atoms with E-state index in [0.717, 1.165) is 11.3 Å². The van der Waals surface area contributed by atoms with Gasteiger partial charge in [-0.25, -0.2) is 8.42 Å². The predicted octanol–water partition coefficient (Wildman–Crippen LogP) is 0.706. The highest BCUT2D eigenvalue weighted by Crippen LogP contribution is 2.27. The fourth-order valence-electron chi connectivity index (χ4n) is 1.40. The van der Waals surface area contributed by atoms with Crippen LogP contribution < -0.4 is 15.3 Å². The van der Waals surface area contributed by atoms with Crippen LogP contribution in [0.4, 0.5) is 5.00 Å². The number of H-pyrrole nitrogens is 1. The van der Waals surface area contributed by atoms with Crippen molar-refractivity contribution in [2.75, 3.05) is 4.72 Å². The minimum atomic E-state index is -3.91. The first-order valence-electron chi connectivity index (χ1n) is 4.91. The molecule has 7 nitrogen and oxygen atoms in total. The molecule has 2 aromatic rings. The molecular formula is C9H9N3O4S3. The molecule has 19 heavy (non-hydrogen) atoms. The second-order valence-corrected chi connectivity index (χ2v) is 7.34. The molecule has 0 spiro atoms. The number of thiophene rings is 1. The van der Waals surface area contributed by atoms with Crippen LogP contribution in [0.1, 0.15) is 16.1 Å². The van der Waals surface area contributed by atoms with Crippen LogP contribution in [0, 0.1) is 6.92 Å². The summed E-state index contributed by atoms with van der Waals surface area (Å²) in [5.74, 6) is -0.724.